The van der Waals surface area contributed by atoms with Crippen LogP contribution in [0.25, 0.3) is 0 Å². The Morgan fingerprint density at radius 2 is 1.93 bits per heavy atom. The third kappa shape index (κ3) is 8.48. The number of aliphatic hydroxyl groups excluding tert-OH is 1. The van der Waals surface area contributed by atoms with Gasteiger partial charge in [0.15, 0.2) is 0 Å². The number of aliphatic hydroxyl groups is 1. The second-order valence-corrected chi connectivity index (χ2v) is 4.47. The lowest BCUT2D eigenvalue weighted by Gasteiger charge is -2.22. The highest BCUT2D eigenvalue weighted by atomic mass is 16.3. The fraction of sp³-hybridized carbons (Fsp3) is 1.00. The Hall–Kier alpha value is -0.120. The molecule has 0 spiro atoms. The summed E-state index contributed by atoms with van der Waals surface area (Å²) in [5.41, 5.74) is 0. The third-order valence-corrected chi connectivity index (χ3v) is 2.01. The topological polar surface area (TPSA) is 35.5 Å². The van der Waals surface area contributed by atoms with Crippen LogP contribution in [0.5, 0.6) is 0 Å². The van der Waals surface area contributed by atoms with Crippen molar-refractivity contribution in [3.63, 3.8) is 0 Å². The Morgan fingerprint density at radius 1 is 1.29 bits per heavy atom. The van der Waals surface area contributed by atoms with Gasteiger partial charge in [0.25, 0.3) is 0 Å². The van der Waals surface area contributed by atoms with E-state index in [1.54, 1.807) is 0 Å². The fourth-order valence-corrected chi connectivity index (χ4v) is 1.57. The zero-order valence-corrected chi connectivity index (χ0v) is 10.1. The van der Waals surface area contributed by atoms with Gasteiger partial charge in [0.05, 0.1) is 6.10 Å². The predicted octanol–water partition coefficient (Wildman–Crippen LogP) is 0.935. The van der Waals surface area contributed by atoms with E-state index >= 15 is 0 Å². The third-order valence-electron chi connectivity index (χ3n) is 2.01. The van der Waals surface area contributed by atoms with Gasteiger partial charge < -0.3 is 15.3 Å². The van der Waals surface area contributed by atoms with E-state index in [1.807, 2.05) is 0 Å². The molecular weight excluding hydrogens is 176 g/mol. The maximum Gasteiger partial charge on any atom is 0.0791 e. The van der Waals surface area contributed by atoms with Crippen LogP contribution in [0, 0.1) is 5.92 Å². The Labute approximate surface area is 88.5 Å². The molecule has 0 aliphatic rings. The van der Waals surface area contributed by atoms with Crippen molar-refractivity contribution in [2.45, 2.75) is 33.3 Å². The standard InChI is InChI=1S/C11H26N2O/c1-5-6-12-7-11(14)9-13(4)8-10(2)3/h10-12,14H,5-9H2,1-4H3. The summed E-state index contributed by atoms with van der Waals surface area (Å²) < 4.78 is 0. The van der Waals surface area contributed by atoms with Crippen molar-refractivity contribution >= 4 is 0 Å². The molecule has 0 radical (unpaired) electrons. The molecule has 0 aromatic rings. The molecule has 14 heavy (non-hydrogen) atoms. The van der Waals surface area contributed by atoms with E-state index in [0.29, 0.717) is 12.5 Å². The van der Waals surface area contributed by atoms with Crippen LogP contribution in [0.15, 0.2) is 0 Å². The van der Waals surface area contributed by atoms with E-state index in [-0.39, 0.29) is 6.10 Å². The number of nitrogens with one attached hydrogen (secondary N) is 1. The maximum atomic E-state index is 9.65. The summed E-state index contributed by atoms with van der Waals surface area (Å²) in [5.74, 6) is 0.663. The molecule has 3 nitrogen and oxygen atoms in total. The molecule has 1 unspecified atom stereocenters. The summed E-state index contributed by atoms with van der Waals surface area (Å²) >= 11 is 0. The predicted molar refractivity (Wildman–Crippen MR) is 61.5 cm³/mol. The zero-order valence-electron chi connectivity index (χ0n) is 10.1. The zero-order chi connectivity index (χ0) is 11.0. The molecule has 0 heterocycles. The van der Waals surface area contributed by atoms with Gasteiger partial charge in [-0.3, -0.25) is 0 Å². The summed E-state index contributed by atoms with van der Waals surface area (Å²) in [5, 5.41) is 12.9. The minimum absolute atomic E-state index is 0.245. The van der Waals surface area contributed by atoms with Crippen molar-refractivity contribution < 1.29 is 5.11 Å². The number of hydrogen-bond acceptors (Lipinski definition) is 3. The average Bonchev–Trinajstić information content (AvgIpc) is 2.02. The van der Waals surface area contributed by atoms with Crippen molar-refractivity contribution in [1.29, 1.82) is 0 Å². The molecule has 0 aromatic heterocycles. The first-order valence-electron chi connectivity index (χ1n) is 5.63. The lowest BCUT2D eigenvalue weighted by Crippen LogP contribution is -2.38. The number of rotatable bonds is 8. The van der Waals surface area contributed by atoms with Crippen LogP contribution in [-0.2, 0) is 0 Å². The maximum absolute atomic E-state index is 9.65. The summed E-state index contributed by atoms with van der Waals surface area (Å²) in [6.07, 6.45) is 0.875. The van der Waals surface area contributed by atoms with Gasteiger partial charge in [0, 0.05) is 19.6 Å². The van der Waals surface area contributed by atoms with Gasteiger partial charge >= 0.3 is 0 Å². The number of likely N-dealkylation sites (N-methyl/N-ethyl adjacent to an activating group) is 1. The molecule has 1 atom stereocenters. The highest BCUT2D eigenvalue weighted by Crippen LogP contribution is 1.96. The Kier molecular flexibility index (Phi) is 8.14. The van der Waals surface area contributed by atoms with Crippen LogP contribution >= 0.6 is 0 Å². The number of hydrogen-bond donors (Lipinski definition) is 2. The van der Waals surface area contributed by atoms with Gasteiger partial charge in [-0.15, -0.1) is 0 Å². The SMILES string of the molecule is CCCNCC(O)CN(C)CC(C)C. The quantitative estimate of drug-likeness (QED) is 0.575. The molecule has 0 amide bonds. The van der Waals surface area contributed by atoms with Crippen molar-refractivity contribution in [2.24, 2.45) is 5.92 Å². The molecular formula is C11H26N2O. The largest absolute Gasteiger partial charge is 0.390 e. The van der Waals surface area contributed by atoms with Gasteiger partial charge in [0.1, 0.15) is 0 Å². The van der Waals surface area contributed by atoms with Crippen molar-refractivity contribution in [3.05, 3.63) is 0 Å². The average molecular weight is 202 g/mol. The van der Waals surface area contributed by atoms with Gasteiger partial charge in [0.2, 0.25) is 0 Å². The molecule has 0 aliphatic heterocycles. The molecule has 0 fully saturated rings. The van der Waals surface area contributed by atoms with E-state index in [0.717, 1.165) is 26.1 Å². The molecule has 0 saturated carbocycles. The molecule has 0 bridgehead atoms. The summed E-state index contributed by atoms with van der Waals surface area (Å²) in [6.45, 7) is 10.0. The van der Waals surface area contributed by atoms with E-state index < -0.39 is 0 Å². The molecule has 0 saturated heterocycles. The normalized spacial score (nSPS) is 13.9. The van der Waals surface area contributed by atoms with Crippen LogP contribution in [0.3, 0.4) is 0 Å². The monoisotopic (exact) mass is 202 g/mol. The van der Waals surface area contributed by atoms with Crippen molar-refractivity contribution in [1.82, 2.24) is 10.2 Å². The molecule has 86 valence electrons. The minimum Gasteiger partial charge on any atom is -0.390 e. The minimum atomic E-state index is -0.245. The first-order valence-corrected chi connectivity index (χ1v) is 5.63. The molecule has 2 N–H and O–H groups in total. The van der Waals surface area contributed by atoms with Crippen LogP contribution in [0.2, 0.25) is 0 Å². The lowest BCUT2D eigenvalue weighted by atomic mass is 10.2. The molecule has 0 rings (SSSR count). The van der Waals surface area contributed by atoms with Crippen LogP contribution < -0.4 is 5.32 Å². The Bertz CT molecular complexity index is 128. The Morgan fingerprint density at radius 3 is 2.43 bits per heavy atom. The summed E-state index contributed by atoms with van der Waals surface area (Å²) in [4.78, 5) is 2.18. The first-order chi connectivity index (χ1) is 6.56. The van der Waals surface area contributed by atoms with Crippen molar-refractivity contribution in [2.75, 3.05) is 33.2 Å². The second kappa shape index (κ2) is 8.21. The van der Waals surface area contributed by atoms with Crippen molar-refractivity contribution in [3.8, 4) is 0 Å². The van der Waals surface area contributed by atoms with Gasteiger partial charge in [-0.25, -0.2) is 0 Å². The van der Waals surface area contributed by atoms with E-state index in [4.69, 9.17) is 0 Å². The van der Waals surface area contributed by atoms with E-state index in [9.17, 15) is 5.11 Å². The fourth-order valence-electron chi connectivity index (χ4n) is 1.57. The molecule has 3 heteroatoms. The Balaban J connectivity index is 3.44. The van der Waals surface area contributed by atoms with Gasteiger partial charge in [-0.2, -0.15) is 0 Å². The van der Waals surface area contributed by atoms with E-state index in [2.05, 4.69) is 38.0 Å². The molecule has 0 aliphatic carbocycles. The van der Waals surface area contributed by atoms with Crippen LogP contribution in [0.4, 0.5) is 0 Å². The van der Waals surface area contributed by atoms with Crippen LogP contribution in [-0.4, -0.2) is 49.3 Å². The number of nitrogens with zero attached hydrogens (tertiary/aromatic N) is 1. The molecule has 0 aromatic carbocycles. The highest BCUT2D eigenvalue weighted by Gasteiger charge is 2.08. The summed E-state index contributed by atoms with van der Waals surface area (Å²) in [6, 6.07) is 0. The first kappa shape index (κ1) is 13.9. The lowest BCUT2D eigenvalue weighted by molar-refractivity contribution is 0.119. The van der Waals surface area contributed by atoms with E-state index in [1.165, 1.54) is 0 Å². The second-order valence-electron chi connectivity index (χ2n) is 4.47. The highest BCUT2D eigenvalue weighted by molar-refractivity contribution is 4.65. The van der Waals surface area contributed by atoms with Gasteiger partial charge in [-0.1, -0.05) is 20.8 Å². The van der Waals surface area contributed by atoms with Gasteiger partial charge in [-0.05, 0) is 25.9 Å². The van der Waals surface area contributed by atoms with Crippen LogP contribution in [0.1, 0.15) is 27.2 Å². The summed E-state index contributed by atoms with van der Waals surface area (Å²) in [7, 11) is 2.06. The smallest absolute Gasteiger partial charge is 0.0791 e.